The van der Waals surface area contributed by atoms with Gasteiger partial charge in [0.1, 0.15) is 12.7 Å². The number of aromatic nitrogens is 1. The second-order valence-electron chi connectivity index (χ2n) is 12.0. The first-order valence-electron chi connectivity index (χ1n) is 15.4. The van der Waals surface area contributed by atoms with Gasteiger partial charge in [0.2, 0.25) is 11.8 Å². The number of methoxy groups -OCH3 is 1. The van der Waals surface area contributed by atoms with Crippen LogP contribution < -0.4 is 20.1 Å². The van der Waals surface area contributed by atoms with Crippen LogP contribution in [-0.4, -0.2) is 36.6 Å². The van der Waals surface area contributed by atoms with E-state index in [4.69, 9.17) is 24.7 Å². The Labute approximate surface area is 267 Å². The van der Waals surface area contributed by atoms with Crippen LogP contribution in [-0.2, 0) is 16.1 Å². The molecular formula is C35H36FN5O5. The van der Waals surface area contributed by atoms with Crippen molar-refractivity contribution >= 4 is 23.3 Å². The molecule has 1 aromatic heterocycles. The zero-order valence-electron chi connectivity index (χ0n) is 25.7. The maximum absolute atomic E-state index is 14.1. The molecule has 10 nitrogen and oxygen atoms in total. The summed E-state index contributed by atoms with van der Waals surface area (Å²) in [6, 6.07) is 18.5. The van der Waals surface area contributed by atoms with Gasteiger partial charge in [-0.05, 0) is 86.9 Å². The second-order valence-corrected chi connectivity index (χ2v) is 12.0. The highest BCUT2D eigenvalue weighted by Crippen LogP contribution is 2.48. The number of pyridine rings is 1. The number of anilines is 2. The third-order valence-electron chi connectivity index (χ3n) is 8.55. The van der Waals surface area contributed by atoms with E-state index in [2.05, 4.69) is 21.7 Å². The van der Waals surface area contributed by atoms with E-state index in [-0.39, 0.29) is 41.3 Å². The van der Waals surface area contributed by atoms with Crippen molar-refractivity contribution in [3.05, 3.63) is 77.2 Å². The van der Waals surface area contributed by atoms with Crippen LogP contribution in [0.25, 0.3) is 0 Å². The lowest BCUT2D eigenvalue weighted by Crippen LogP contribution is -2.27. The van der Waals surface area contributed by atoms with Crippen molar-refractivity contribution in [1.82, 2.24) is 4.98 Å². The van der Waals surface area contributed by atoms with E-state index in [0.29, 0.717) is 47.9 Å². The molecule has 2 aliphatic carbocycles. The predicted molar refractivity (Wildman–Crippen MR) is 167 cm³/mol. The van der Waals surface area contributed by atoms with Crippen molar-refractivity contribution in [1.29, 1.82) is 10.5 Å². The van der Waals surface area contributed by atoms with Gasteiger partial charge in [-0.2, -0.15) is 10.5 Å². The molecule has 11 heteroatoms. The van der Waals surface area contributed by atoms with Crippen molar-refractivity contribution in [2.75, 3.05) is 24.3 Å². The summed E-state index contributed by atoms with van der Waals surface area (Å²) in [4.78, 5) is 29.7. The molecule has 3 aromatic rings. The first-order chi connectivity index (χ1) is 22.3. The maximum atomic E-state index is 14.1. The summed E-state index contributed by atoms with van der Waals surface area (Å²) in [5, 5.41) is 24.4. The second kappa shape index (κ2) is 14.7. The molecule has 238 valence electrons. The van der Waals surface area contributed by atoms with Crippen LogP contribution in [0.3, 0.4) is 0 Å². The van der Waals surface area contributed by atoms with Crippen molar-refractivity contribution < 1.29 is 28.2 Å². The number of amides is 1. The van der Waals surface area contributed by atoms with Gasteiger partial charge in [0.25, 0.3) is 0 Å². The average molecular weight is 626 g/mol. The zero-order valence-corrected chi connectivity index (χ0v) is 25.7. The first-order valence-corrected chi connectivity index (χ1v) is 15.4. The van der Waals surface area contributed by atoms with Gasteiger partial charge >= 0.3 is 5.97 Å². The van der Waals surface area contributed by atoms with Crippen LogP contribution in [0.4, 0.5) is 15.8 Å². The van der Waals surface area contributed by atoms with Crippen molar-refractivity contribution in [2.24, 2.45) is 11.3 Å². The third kappa shape index (κ3) is 8.51. The minimum atomic E-state index is -0.607. The van der Waals surface area contributed by atoms with E-state index >= 15 is 0 Å². The Balaban J connectivity index is 1.10. The molecule has 0 spiro atoms. The normalized spacial score (nSPS) is 17.9. The number of esters is 1. The monoisotopic (exact) mass is 625 g/mol. The van der Waals surface area contributed by atoms with Crippen molar-refractivity contribution in [2.45, 2.75) is 64.1 Å². The summed E-state index contributed by atoms with van der Waals surface area (Å²) >= 11 is 0. The van der Waals surface area contributed by atoms with Crippen LogP contribution in [0.1, 0.15) is 73.0 Å². The van der Waals surface area contributed by atoms with Crippen molar-refractivity contribution in [3.63, 3.8) is 0 Å². The maximum Gasteiger partial charge on any atom is 0.337 e. The summed E-state index contributed by atoms with van der Waals surface area (Å²) in [5.74, 6) is -0.477. The molecule has 2 saturated carbocycles. The fourth-order valence-corrected chi connectivity index (χ4v) is 5.62. The molecule has 2 N–H and O–H groups in total. The van der Waals surface area contributed by atoms with Crippen LogP contribution in [0.2, 0.25) is 0 Å². The molecule has 0 saturated heterocycles. The van der Waals surface area contributed by atoms with Gasteiger partial charge in [-0.3, -0.25) is 4.79 Å². The lowest BCUT2D eigenvalue weighted by Gasteiger charge is -2.28. The van der Waals surface area contributed by atoms with Gasteiger partial charge in [-0.25, -0.2) is 14.2 Å². The standard InChI is InChI=1S/C35H36FN5O5/c1-44-34(43)25-8-11-29(30(19-25)39-22-35(13-14-35)15-16-37)41-32(42)18-23-5-9-27(10-6-23)46-33-4-2-3-26(40-33)21-45-31-12-7-24(20-38)17-28(31)36/h2-4,7-8,11-12,17,19,23,27,39H,5-6,9-10,13-15,18,21-22H2,1H3,(H,41,42). The largest absolute Gasteiger partial charge is 0.484 e. The number of carbonyl (C=O) groups excluding carboxylic acids is 2. The van der Waals surface area contributed by atoms with Crippen LogP contribution in [0, 0.1) is 39.8 Å². The minimum Gasteiger partial charge on any atom is -0.484 e. The van der Waals surface area contributed by atoms with Crippen LogP contribution in [0.5, 0.6) is 11.6 Å². The zero-order chi connectivity index (χ0) is 32.5. The summed E-state index contributed by atoms with van der Waals surface area (Å²) in [7, 11) is 1.32. The molecule has 2 fully saturated rings. The summed E-state index contributed by atoms with van der Waals surface area (Å²) in [5.41, 5.74) is 2.32. The summed E-state index contributed by atoms with van der Waals surface area (Å²) in [6.07, 6.45) is 5.91. The topological polar surface area (TPSA) is 146 Å². The Morgan fingerprint density at radius 2 is 1.85 bits per heavy atom. The first kappa shape index (κ1) is 32.2. The number of nitrogens with one attached hydrogen (secondary N) is 2. The number of hydrogen-bond acceptors (Lipinski definition) is 9. The number of rotatable bonds is 13. The number of nitriles is 2. The highest BCUT2D eigenvalue weighted by atomic mass is 19.1. The predicted octanol–water partition coefficient (Wildman–Crippen LogP) is 6.53. The molecule has 1 heterocycles. The molecule has 1 amide bonds. The summed E-state index contributed by atoms with van der Waals surface area (Å²) in [6.45, 7) is 0.629. The summed E-state index contributed by atoms with van der Waals surface area (Å²) < 4.78 is 30.7. The number of halogens is 1. The van der Waals surface area contributed by atoms with Gasteiger partial charge in [-0.1, -0.05) is 6.07 Å². The van der Waals surface area contributed by atoms with E-state index in [1.54, 1.807) is 36.4 Å². The Kier molecular flexibility index (Phi) is 10.3. The Bertz CT molecular complexity index is 1650. The molecule has 0 aliphatic heterocycles. The van der Waals surface area contributed by atoms with E-state index in [1.807, 2.05) is 6.07 Å². The third-order valence-corrected chi connectivity index (χ3v) is 8.55. The van der Waals surface area contributed by atoms with E-state index < -0.39 is 11.8 Å². The smallest absolute Gasteiger partial charge is 0.337 e. The Morgan fingerprint density at radius 3 is 2.54 bits per heavy atom. The SMILES string of the molecule is COC(=O)c1ccc(NC(=O)CC2CCC(Oc3cccc(COc4ccc(C#N)cc4F)n3)CC2)c(NCC2(CC#N)CC2)c1. The van der Waals surface area contributed by atoms with Gasteiger partial charge < -0.3 is 24.8 Å². The Hall–Kier alpha value is -5.16. The number of nitrogens with zero attached hydrogens (tertiary/aromatic N) is 3. The molecule has 2 aliphatic rings. The Morgan fingerprint density at radius 1 is 1.04 bits per heavy atom. The minimum absolute atomic E-state index is 0.0382. The number of ether oxygens (including phenoxy) is 3. The molecule has 0 atom stereocenters. The average Bonchev–Trinajstić information content (AvgIpc) is 3.84. The molecular weight excluding hydrogens is 589 g/mol. The quantitative estimate of drug-likeness (QED) is 0.202. The van der Waals surface area contributed by atoms with E-state index in [1.165, 1.54) is 19.2 Å². The van der Waals surface area contributed by atoms with Gasteiger partial charge in [0.15, 0.2) is 11.6 Å². The van der Waals surface area contributed by atoms with Crippen LogP contribution in [0.15, 0.2) is 54.6 Å². The molecule has 5 rings (SSSR count). The fourth-order valence-electron chi connectivity index (χ4n) is 5.62. The molecule has 0 radical (unpaired) electrons. The van der Waals surface area contributed by atoms with E-state index in [0.717, 1.165) is 44.6 Å². The molecule has 2 aromatic carbocycles. The van der Waals surface area contributed by atoms with Gasteiger partial charge in [-0.15, -0.1) is 0 Å². The highest BCUT2D eigenvalue weighted by molar-refractivity contribution is 5.97. The van der Waals surface area contributed by atoms with Crippen molar-refractivity contribution in [3.8, 4) is 23.8 Å². The highest BCUT2D eigenvalue weighted by Gasteiger charge is 2.42. The van der Waals surface area contributed by atoms with E-state index in [9.17, 15) is 14.0 Å². The number of hydrogen-bond donors (Lipinski definition) is 2. The molecule has 0 bridgehead atoms. The number of benzene rings is 2. The van der Waals surface area contributed by atoms with Gasteiger partial charge in [0, 0.05) is 30.9 Å². The fraction of sp³-hybridized carbons (Fsp3) is 0.400. The molecule has 46 heavy (non-hydrogen) atoms. The lowest BCUT2D eigenvalue weighted by atomic mass is 9.85. The molecule has 0 unspecified atom stereocenters. The van der Waals surface area contributed by atoms with Crippen LogP contribution >= 0.6 is 0 Å². The number of carbonyl (C=O) groups is 2. The van der Waals surface area contributed by atoms with Gasteiger partial charge in [0.05, 0.1) is 47.4 Å². The lowest BCUT2D eigenvalue weighted by molar-refractivity contribution is -0.117.